The van der Waals surface area contributed by atoms with Crippen molar-refractivity contribution in [3.05, 3.63) is 17.5 Å². The quantitative estimate of drug-likeness (QED) is 0.859. The van der Waals surface area contributed by atoms with Gasteiger partial charge in [-0.25, -0.2) is 4.68 Å². The van der Waals surface area contributed by atoms with Crippen LogP contribution in [-0.2, 0) is 5.41 Å². The molecule has 7 nitrogen and oxygen atoms in total. The molecular weight excluding hydrogens is 270 g/mol. The maximum absolute atomic E-state index is 10.1. The molecule has 2 rings (SSSR count). The summed E-state index contributed by atoms with van der Waals surface area (Å²) in [4.78, 5) is 0. The molecule has 0 amide bonds. The Balaban J connectivity index is 2.28. The zero-order chi connectivity index (χ0) is 15.8. The third kappa shape index (κ3) is 3.12. The van der Waals surface area contributed by atoms with Gasteiger partial charge in [0.1, 0.15) is 5.76 Å². The summed E-state index contributed by atoms with van der Waals surface area (Å²) in [6, 6.07) is 1.79. The van der Waals surface area contributed by atoms with E-state index >= 15 is 0 Å². The Labute approximate surface area is 123 Å². The summed E-state index contributed by atoms with van der Waals surface area (Å²) in [7, 11) is 0. The second-order valence-corrected chi connectivity index (χ2v) is 6.30. The summed E-state index contributed by atoms with van der Waals surface area (Å²) in [6.07, 6.45) is 0. The first-order valence-corrected chi connectivity index (χ1v) is 6.87. The molecular formula is C14H21N5O2. The molecule has 0 atom stereocenters. The van der Waals surface area contributed by atoms with E-state index in [1.165, 1.54) is 4.68 Å². The van der Waals surface area contributed by atoms with Gasteiger partial charge in [0.15, 0.2) is 5.69 Å². The number of azo groups is 1. The highest BCUT2D eigenvalue weighted by Gasteiger charge is 2.20. The van der Waals surface area contributed by atoms with Gasteiger partial charge in [-0.15, -0.1) is 10.2 Å². The first-order valence-electron chi connectivity index (χ1n) is 6.87. The second-order valence-electron chi connectivity index (χ2n) is 6.30. The minimum absolute atomic E-state index is 0.00536. The van der Waals surface area contributed by atoms with Crippen LogP contribution in [0.4, 0.5) is 11.5 Å². The standard InChI is InChI=1S/C14H21N5O2/c1-8(2)19-13(20)12(9(3)17-19)16-15-11-7-10(21-18-11)14(4,5)6/h7-8,20H,1-6H3/b16-15+. The lowest BCUT2D eigenvalue weighted by Gasteiger charge is -2.11. The minimum Gasteiger partial charge on any atom is -0.492 e. The molecule has 0 aliphatic rings. The van der Waals surface area contributed by atoms with Gasteiger partial charge >= 0.3 is 0 Å². The molecule has 0 saturated carbocycles. The average Bonchev–Trinajstić information content (AvgIpc) is 2.93. The molecule has 0 bridgehead atoms. The molecule has 0 aliphatic heterocycles. The van der Waals surface area contributed by atoms with Crippen molar-refractivity contribution in [1.82, 2.24) is 14.9 Å². The molecule has 0 aromatic carbocycles. The minimum atomic E-state index is -0.138. The van der Waals surface area contributed by atoms with Crippen molar-refractivity contribution in [2.24, 2.45) is 10.2 Å². The first-order chi connectivity index (χ1) is 9.70. The second kappa shape index (κ2) is 5.31. The van der Waals surface area contributed by atoms with Gasteiger partial charge in [-0.05, 0) is 20.8 Å². The van der Waals surface area contributed by atoms with Gasteiger partial charge in [0.25, 0.3) is 0 Å². The van der Waals surface area contributed by atoms with Crippen molar-refractivity contribution in [1.29, 1.82) is 0 Å². The van der Waals surface area contributed by atoms with Crippen LogP contribution < -0.4 is 0 Å². The van der Waals surface area contributed by atoms with Crippen LogP contribution >= 0.6 is 0 Å². The largest absolute Gasteiger partial charge is 0.492 e. The lowest BCUT2D eigenvalue weighted by Crippen LogP contribution is -2.08. The van der Waals surface area contributed by atoms with Crippen LogP contribution in [0, 0.1) is 6.92 Å². The van der Waals surface area contributed by atoms with Crippen molar-refractivity contribution in [2.45, 2.75) is 53.0 Å². The maximum Gasteiger partial charge on any atom is 0.238 e. The Bertz CT molecular complexity index is 661. The number of rotatable bonds is 3. The van der Waals surface area contributed by atoms with Crippen LogP contribution in [0.25, 0.3) is 0 Å². The van der Waals surface area contributed by atoms with Gasteiger partial charge in [-0.3, -0.25) is 0 Å². The van der Waals surface area contributed by atoms with Crippen LogP contribution in [0.2, 0.25) is 0 Å². The fourth-order valence-corrected chi connectivity index (χ4v) is 1.77. The summed E-state index contributed by atoms with van der Waals surface area (Å²) in [5, 5.41) is 26.2. The Hall–Kier alpha value is -2.18. The maximum atomic E-state index is 10.1. The monoisotopic (exact) mass is 291 g/mol. The Morgan fingerprint density at radius 1 is 1.29 bits per heavy atom. The van der Waals surface area contributed by atoms with Gasteiger partial charge in [-0.1, -0.05) is 25.9 Å². The van der Waals surface area contributed by atoms with Crippen LogP contribution in [0.3, 0.4) is 0 Å². The molecule has 21 heavy (non-hydrogen) atoms. The van der Waals surface area contributed by atoms with Crippen LogP contribution in [0.15, 0.2) is 20.8 Å². The molecule has 0 radical (unpaired) electrons. The zero-order valence-electron chi connectivity index (χ0n) is 13.2. The number of hydrogen-bond donors (Lipinski definition) is 1. The number of hydrogen-bond acceptors (Lipinski definition) is 6. The van der Waals surface area contributed by atoms with Crippen molar-refractivity contribution in [3.8, 4) is 5.88 Å². The highest BCUT2D eigenvalue weighted by Crippen LogP contribution is 2.34. The number of nitrogens with zero attached hydrogens (tertiary/aromatic N) is 5. The van der Waals surface area contributed by atoms with E-state index in [1.807, 2.05) is 34.6 Å². The smallest absolute Gasteiger partial charge is 0.238 e. The lowest BCUT2D eigenvalue weighted by molar-refractivity contribution is 0.330. The molecule has 0 fully saturated rings. The highest BCUT2D eigenvalue weighted by atomic mass is 16.5. The molecule has 0 unspecified atom stereocenters. The molecule has 0 spiro atoms. The molecule has 0 saturated heterocycles. The van der Waals surface area contributed by atoms with E-state index in [0.29, 0.717) is 17.2 Å². The number of aromatic nitrogens is 3. The van der Waals surface area contributed by atoms with Crippen LogP contribution in [0.1, 0.15) is 52.1 Å². The van der Waals surface area contributed by atoms with E-state index in [9.17, 15) is 5.11 Å². The Morgan fingerprint density at radius 3 is 2.43 bits per heavy atom. The molecule has 2 heterocycles. The van der Waals surface area contributed by atoms with Gasteiger partial charge < -0.3 is 9.63 Å². The summed E-state index contributed by atoms with van der Waals surface area (Å²) >= 11 is 0. The first kappa shape index (κ1) is 15.2. The van der Waals surface area contributed by atoms with E-state index in [4.69, 9.17) is 4.52 Å². The Morgan fingerprint density at radius 2 is 1.95 bits per heavy atom. The lowest BCUT2D eigenvalue weighted by atomic mass is 9.93. The van der Waals surface area contributed by atoms with Gasteiger partial charge in [0.2, 0.25) is 11.7 Å². The highest BCUT2D eigenvalue weighted by molar-refractivity contribution is 5.51. The van der Waals surface area contributed by atoms with Crippen LogP contribution in [0.5, 0.6) is 5.88 Å². The Kier molecular flexibility index (Phi) is 3.85. The molecule has 0 aliphatic carbocycles. The fourth-order valence-electron chi connectivity index (χ4n) is 1.77. The van der Waals surface area contributed by atoms with Gasteiger partial charge in [0, 0.05) is 11.5 Å². The molecule has 1 N–H and O–H groups in total. The summed E-state index contributed by atoms with van der Waals surface area (Å²) < 4.78 is 6.74. The average molecular weight is 291 g/mol. The van der Waals surface area contributed by atoms with Crippen molar-refractivity contribution in [2.75, 3.05) is 0 Å². The van der Waals surface area contributed by atoms with Gasteiger partial charge in [-0.2, -0.15) is 5.10 Å². The molecule has 2 aromatic rings. The van der Waals surface area contributed by atoms with E-state index < -0.39 is 0 Å². The van der Waals surface area contributed by atoms with Crippen molar-refractivity contribution in [3.63, 3.8) is 0 Å². The SMILES string of the molecule is Cc1nn(C(C)C)c(O)c1/N=N/c1cc(C(C)(C)C)on1. The predicted octanol–water partition coefficient (Wildman–Crippen LogP) is 4.18. The molecule has 2 aromatic heterocycles. The van der Waals surface area contributed by atoms with E-state index in [2.05, 4.69) is 20.5 Å². The van der Waals surface area contributed by atoms with E-state index in [-0.39, 0.29) is 17.3 Å². The van der Waals surface area contributed by atoms with E-state index in [1.54, 1.807) is 13.0 Å². The number of aryl methyl sites for hydroxylation is 1. The zero-order valence-corrected chi connectivity index (χ0v) is 13.2. The summed E-state index contributed by atoms with van der Waals surface area (Å²) in [5.74, 6) is 1.11. The third-order valence-corrected chi connectivity index (χ3v) is 3.01. The normalized spacial score (nSPS) is 12.7. The van der Waals surface area contributed by atoms with E-state index in [0.717, 1.165) is 5.76 Å². The topological polar surface area (TPSA) is 88.8 Å². The number of aromatic hydroxyl groups is 1. The summed E-state index contributed by atoms with van der Waals surface area (Å²) in [6.45, 7) is 11.7. The summed E-state index contributed by atoms with van der Waals surface area (Å²) in [5.41, 5.74) is 0.829. The fraction of sp³-hybridized carbons (Fsp3) is 0.571. The van der Waals surface area contributed by atoms with Crippen molar-refractivity contribution >= 4 is 11.5 Å². The molecule has 7 heteroatoms. The van der Waals surface area contributed by atoms with Crippen LogP contribution in [-0.4, -0.2) is 20.0 Å². The third-order valence-electron chi connectivity index (χ3n) is 3.01. The molecule has 114 valence electrons. The predicted molar refractivity (Wildman–Crippen MR) is 78.4 cm³/mol. The van der Waals surface area contributed by atoms with Crippen molar-refractivity contribution < 1.29 is 9.63 Å². The van der Waals surface area contributed by atoms with Gasteiger partial charge in [0.05, 0.1) is 11.7 Å².